The minimum Gasteiger partial charge on any atom is -0.387 e. The van der Waals surface area contributed by atoms with Gasteiger partial charge in [0.1, 0.15) is 0 Å². The smallest absolute Gasteiger partial charge is 0.220 e. The van der Waals surface area contributed by atoms with Crippen LogP contribution >= 0.6 is 23.2 Å². The molecule has 0 bridgehead atoms. The maximum Gasteiger partial charge on any atom is 0.220 e. The van der Waals surface area contributed by atoms with Gasteiger partial charge in [0.25, 0.3) is 0 Å². The Bertz CT molecular complexity index is 1040. The van der Waals surface area contributed by atoms with E-state index in [1.165, 1.54) is 0 Å². The molecule has 1 amide bonds. The Labute approximate surface area is 173 Å². The minimum absolute atomic E-state index is 0.0145. The first-order valence-corrected chi connectivity index (χ1v) is 10.1. The van der Waals surface area contributed by atoms with Gasteiger partial charge in [0.05, 0.1) is 16.6 Å². The summed E-state index contributed by atoms with van der Waals surface area (Å²) in [5.41, 5.74) is 4.84. The summed E-state index contributed by atoms with van der Waals surface area (Å²) in [7, 11) is 0. The van der Waals surface area contributed by atoms with E-state index in [0.29, 0.717) is 22.9 Å². The Morgan fingerprint density at radius 1 is 1.18 bits per heavy atom. The maximum absolute atomic E-state index is 12.5. The number of H-pyrrole nitrogens is 1. The minimum atomic E-state index is 0.0145. The lowest BCUT2D eigenvalue weighted by Crippen LogP contribution is -2.34. The van der Waals surface area contributed by atoms with Crippen molar-refractivity contribution in [3.8, 4) is 11.3 Å². The number of amides is 1. The number of nitrogens with one attached hydrogen (secondary N) is 3. The molecule has 0 radical (unpaired) electrons. The van der Waals surface area contributed by atoms with Gasteiger partial charge in [-0.25, -0.2) is 0 Å². The number of aryl methyl sites for hydroxylation is 1. The quantitative estimate of drug-likeness (QED) is 0.546. The van der Waals surface area contributed by atoms with Gasteiger partial charge in [0, 0.05) is 34.8 Å². The summed E-state index contributed by atoms with van der Waals surface area (Å²) in [6, 6.07) is 13.5. The summed E-state index contributed by atoms with van der Waals surface area (Å²) < 4.78 is 0. The van der Waals surface area contributed by atoms with Crippen LogP contribution in [0.1, 0.15) is 18.4 Å². The Morgan fingerprint density at radius 2 is 1.96 bits per heavy atom. The van der Waals surface area contributed by atoms with E-state index in [1.54, 1.807) is 0 Å². The van der Waals surface area contributed by atoms with Crippen molar-refractivity contribution in [1.82, 2.24) is 15.6 Å². The number of hydrogen-bond acceptors (Lipinski definition) is 2. The second-order valence-corrected chi connectivity index (χ2v) is 7.85. The number of para-hydroxylation sites is 1. The number of hydrogen-bond donors (Lipinski definition) is 3. The average molecular weight is 414 g/mol. The number of aromatic nitrogens is 1. The highest BCUT2D eigenvalue weighted by Crippen LogP contribution is 2.35. The molecule has 28 heavy (non-hydrogen) atoms. The lowest BCUT2D eigenvalue weighted by Gasteiger charge is -2.13. The first-order valence-electron chi connectivity index (χ1n) is 9.30. The van der Waals surface area contributed by atoms with E-state index in [9.17, 15) is 4.79 Å². The summed E-state index contributed by atoms with van der Waals surface area (Å²) in [5.74, 6) is 0.0216. The van der Waals surface area contributed by atoms with Crippen molar-refractivity contribution < 1.29 is 4.79 Å². The molecule has 0 saturated carbocycles. The number of fused-ring (bicyclic) bond motifs is 1. The summed E-state index contributed by atoms with van der Waals surface area (Å²) >= 11 is 12.4. The second-order valence-electron chi connectivity index (χ2n) is 7.01. The van der Waals surface area contributed by atoms with Gasteiger partial charge >= 0.3 is 0 Å². The zero-order valence-electron chi connectivity index (χ0n) is 15.3. The van der Waals surface area contributed by atoms with Crippen LogP contribution in [-0.2, 0) is 11.2 Å². The molecule has 4 rings (SSSR count). The zero-order chi connectivity index (χ0) is 19.7. The van der Waals surface area contributed by atoms with Crippen LogP contribution in [0.2, 0.25) is 10.0 Å². The molecule has 1 aliphatic heterocycles. The van der Waals surface area contributed by atoms with Gasteiger partial charge in [-0.2, -0.15) is 0 Å². The lowest BCUT2D eigenvalue weighted by molar-refractivity contribution is -0.121. The van der Waals surface area contributed by atoms with Crippen molar-refractivity contribution in [3.05, 3.63) is 70.3 Å². The molecule has 1 fully saturated rings. The van der Waals surface area contributed by atoms with E-state index in [0.717, 1.165) is 46.4 Å². The molecule has 1 aliphatic rings. The van der Waals surface area contributed by atoms with E-state index in [-0.39, 0.29) is 11.9 Å². The van der Waals surface area contributed by atoms with Crippen LogP contribution in [0.4, 0.5) is 0 Å². The van der Waals surface area contributed by atoms with Crippen LogP contribution in [0.25, 0.3) is 22.2 Å². The van der Waals surface area contributed by atoms with Crippen LogP contribution in [0, 0.1) is 0 Å². The van der Waals surface area contributed by atoms with Crippen LogP contribution in [0.15, 0.2) is 54.7 Å². The van der Waals surface area contributed by atoms with Gasteiger partial charge in [-0.1, -0.05) is 54.0 Å². The molecular formula is C22H21Cl2N3O. The summed E-state index contributed by atoms with van der Waals surface area (Å²) in [6.45, 7) is 4.81. The van der Waals surface area contributed by atoms with E-state index in [2.05, 4.69) is 22.2 Å². The van der Waals surface area contributed by atoms with Crippen LogP contribution in [0.5, 0.6) is 0 Å². The van der Waals surface area contributed by atoms with Crippen LogP contribution < -0.4 is 10.6 Å². The van der Waals surface area contributed by atoms with E-state index in [1.807, 2.05) is 42.5 Å². The molecule has 144 valence electrons. The number of benzene rings is 2. The fourth-order valence-electron chi connectivity index (χ4n) is 3.70. The van der Waals surface area contributed by atoms with E-state index >= 15 is 0 Å². The highest BCUT2D eigenvalue weighted by atomic mass is 35.5. The van der Waals surface area contributed by atoms with Crippen molar-refractivity contribution >= 4 is 40.0 Å². The largest absolute Gasteiger partial charge is 0.387 e. The summed E-state index contributed by atoms with van der Waals surface area (Å²) in [5, 5.41) is 8.62. The van der Waals surface area contributed by atoms with Crippen molar-refractivity contribution in [1.29, 1.82) is 0 Å². The highest BCUT2D eigenvalue weighted by molar-refractivity contribution is 6.35. The molecule has 3 N–H and O–H groups in total. The number of carbonyl (C=O) groups excluding carboxylic acids is 1. The van der Waals surface area contributed by atoms with Crippen molar-refractivity contribution in [2.45, 2.75) is 25.3 Å². The number of aromatic amines is 1. The third-order valence-electron chi connectivity index (χ3n) is 5.17. The molecule has 6 heteroatoms. The fraction of sp³-hybridized carbons (Fsp3) is 0.227. The third kappa shape index (κ3) is 3.75. The predicted molar refractivity (Wildman–Crippen MR) is 116 cm³/mol. The molecule has 2 aromatic carbocycles. The molecule has 1 saturated heterocycles. The van der Waals surface area contributed by atoms with Crippen molar-refractivity contribution in [2.75, 3.05) is 6.54 Å². The number of halogens is 2. The van der Waals surface area contributed by atoms with Crippen LogP contribution in [-0.4, -0.2) is 23.5 Å². The van der Waals surface area contributed by atoms with Crippen LogP contribution in [0.3, 0.4) is 0 Å². The average Bonchev–Trinajstić information content (AvgIpc) is 3.25. The predicted octanol–water partition coefficient (Wildman–Crippen LogP) is 5.07. The number of carbonyl (C=O) groups is 1. The Kier molecular flexibility index (Phi) is 5.33. The Balaban J connectivity index is 1.62. The van der Waals surface area contributed by atoms with Gasteiger partial charge in [0.2, 0.25) is 5.91 Å². The standard InChI is InChI=1S/C22H21Cl2N3O/c1-13-19(11-12-25-13)26-20(28)10-9-17-16-3-2-4-18(24)22(16)27-21(17)14-5-7-15(23)8-6-14/h2-8,19,25,27H,1,9-12H2,(H,26,28). The normalized spacial score (nSPS) is 16.4. The first kappa shape index (κ1) is 18.9. The molecule has 4 nitrogen and oxygen atoms in total. The summed E-state index contributed by atoms with van der Waals surface area (Å²) in [6.07, 6.45) is 1.88. The number of rotatable bonds is 5. The highest BCUT2D eigenvalue weighted by Gasteiger charge is 2.21. The van der Waals surface area contributed by atoms with Gasteiger partial charge < -0.3 is 15.6 Å². The molecular weight excluding hydrogens is 393 g/mol. The molecule has 0 spiro atoms. The van der Waals surface area contributed by atoms with Crippen molar-refractivity contribution in [3.63, 3.8) is 0 Å². The third-order valence-corrected chi connectivity index (χ3v) is 5.73. The Hall–Kier alpha value is -2.43. The lowest BCUT2D eigenvalue weighted by atomic mass is 10.0. The molecule has 2 heterocycles. The topological polar surface area (TPSA) is 56.9 Å². The van der Waals surface area contributed by atoms with E-state index < -0.39 is 0 Å². The second kappa shape index (κ2) is 7.90. The van der Waals surface area contributed by atoms with E-state index in [4.69, 9.17) is 23.2 Å². The molecule has 0 aliphatic carbocycles. The maximum atomic E-state index is 12.5. The molecule has 1 aromatic heterocycles. The molecule has 3 aromatic rings. The Morgan fingerprint density at radius 3 is 2.68 bits per heavy atom. The van der Waals surface area contributed by atoms with Gasteiger partial charge in [0.15, 0.2) is 0 Å². The molecule has 1 atom stereocenters. The van der Waals surface area contributed by atoms with Gasteiger partial charge in [-0.15, -0.1) is 0 Å². The first-order chi connectivity index (χ1) is 13.5. The zero-order valence-corrected chi connectivity index (χ0v) is 16.8. The SMILES string of the molecule is C=C1NCCC1NC(=O)CCc1c(-c2ccc(Cl)cc2)[nH]c2c(Cl)cccc12. The van der Waals surface area contributed by atoms with Gasteiger partial charge in [-0.05, 0) is 42.2 Å². The monoisotopic (exact) mass is 413 g/mol. The molecule has 1 unspecified atom stereocenters. The van der Waals surface area contributed by atoms with Gasteiger partial charge in [-0.3, -0.25) is 4.79 Å². The summed E-state index contributed by atoms with van der Waals surface area (Å²) in [4.78, 5) is 15.9. The van der Waals surface area contributed by atoms with Crippen molar-refractivity contribution in [2.24, 2.45) is 0 Å². The fourth-order valence-corrected chi connectivity index (χ4v) is 4.05.